The molecule has 1 N–H and O–H groups in total. The fourth-order valence-electron chi connectivity index (χ4n) is 2.27. The summed E-state index contributed by atoms with van der Waals surface area (Å²) in [6, 6.07) is 13.7. The molecule has 0 spiro atoms. The van der Waals surface area contributed by atoms with Crippen molar-refractivity contribution in [3.05, 3.63) is 72.8 Å². The molecule has 2 aromatic heterocycles. The molecule has 0 aliphatic carbocycles. The van der Waals surface area contributed by atoms with Crippen LogP contribution in [0.15, 0.2) is 67.3 Å². The molecule has 5 heteroatoms. The monoisotopic (exact) mass is 292 g/mol. The fourth-order valence-corrected chi connectivity index (χ4v) is 2.27. The van der Waals surface area contributed by atoms with Crippen molar-refractivity contribution in [1.29, 1.82) is 0 Å². The second-order valence-electron chi connectivity index (χ2n) is 4.88. The molecule has 0 aliphatic rings. The molecule has 110 valence electrons. The smallest absolute Gasteiger partial charge is 0.241 e. The zero-order valence-electron chi connectivity index (χ0n) is 12.0. The largest absolute Gasteiger partial charge is 0.350 e. The summed E-state index contributed by atoms with van der Waals surface area (Å²) in [4.78, 5) is 16.1. The molecule has 2 heterocycles. The Labute approximate surface area is 128 Å². The first-order chi connectivity index (χ1) is 10.8. The Bertz CT molecular complexity index is 738. The van der Waals surface area contributed by atoms with E-state index in [4.69, 9.17) is 0 Å². The van der Waals surface area contributed by atoms with Crippen LogP contribution < -0.4 is 5.32 Å². The van der Waals surface area contributed by atoms with Crippen LogP contribution in [0.25, 0.3) is 11.1 Å². The van der Waals surface area contributed by atoms with Gasteiger partial charge in [-0.3, -0.25) is 14.5 Å². The molecule has 0 bridgehead atoms. The Morgan fingerprint density at radius 1 is 1.09 bits per heavy atom. The fraction of sp³-hybridized carbons (Fsp3) is 0.118. The second-order valence-corrected chi connectivity index (χ2v) is 4.88. The third-order valence-corrected chi connectivity index (χ3v) is 3.33. The zero-order chi connectivity index (χ0) is 15.2. The lowest BCUT2D eigenvalue weighted by molar-refractivity contribution is -0.122. The van der Waals surface area contributed by atoms with Crippen molar-refractivity contribution < 1.29 is 4.79 Å². The van der Waals surface area contributed by atoms with Gasteiger partial charge in [-0.15, -0.1) is 0 Å². The maximum absolute atomic E-state index is 11.9. The summed E-state index contributed by atoms with van der Waals surface area (Å²) < 4.78 is 1.60. The van der Waals surface area contributed by atoms with Crippen molar-refractivity contribution in [2.24, 2.45) is 0 Å². The molecule has 0 radical (unpaired) electrons. The van der Waals surface area contributed by atoms with E-state index in [-0.39, 0.29) is 12.5 Å². The van der Waals surface area contributed by atoms with Gasteiger partial charge in [0, 0.05) is 36.9 Å². The first-order valence-corrected chi connectivity index (χ1v) is 7.05. The van der Waals surface area contributed by atoms with E-state index in [2.05, 4.69) is 15.4 Å². The normalized spacial score (nSPS) is 10.4. The predicted octanol–water partition coefficient (Wildman–Crippen LogP) is 2.26. The number of rotatable bonds is 5. The summed E-state index contributed by atoms with van der Waals surface area (Å²) in [5.74, 6) is -0.0651. The molecule has 0 fully saturated rings. The van der Waals surface area contributed by atoms with Crippen LogP contribution in [-0.4, -0.2) is 20.7 Å². The number of hydrogen-bond donors (Lipinski definition) is 1. The minimum Gasteiger partial charge on any atom is -0.350 e. The highest BCUT2D eigenvalue weighted by atomic mass is 16.2. The van der Waals surface area contributed by atoms with Gasteiger partial charge in [-0.05, 0) is 23.3 Å². The summed E-state index contributed by atoms with van der Waals surface area (Å²) in [7, 11) is 0. The predicted molar refractivity (Wildman–Crippen MR) is 83.7 cm³/mol. The van der Waals surface area contributed by atoms with Crippen LogP contribution in [0.1, 0.15) is 5.56 Å². The van der Waals surface area contributed by atoms with Crippen molar-refractivity contribution in [2.45, 2.75) is 13.1 Å². The number of benzene rings is 1. The van der Waals surface area contributed by atoms with Gasteiger partial charge < -0.3 is 5.32 Å². The Kier molecular flexibility index (Phi) is 4.25. The van der Waals surface area contributed by atoms with Crippen LogP contribution in [0, 0.1) is 0 Å². The number of pyridine rings is 1. The first-order valence-electron chi connectivity index (χ1n) is 7.05. The maximum Gasteiger partial charge on any atom is 0.241 e. The lowest BCUT2D eigenvalue weighted by Gasteiger charge is -2.11. The highest BCUT2D eigenvalue weighted by Crippen LogP contribution is 2.22. The van der Waals surface area contributed by atoms with Crippen molar-refractivity contribution in [3.8, 4) is 11.1 Å². The Morgan fingerprint density at radius 3 is 2.77 bits per heavy atom. The highest BCUT2D eigenvalue weighted by molar-refractivity contribution is 5.76. The van der Waals surface area contributed by atoms with Gasteiger partial charge >= 0.3 is 0 Å². The van der Waals surface area contributed by atoms with Gasteiger partial charge in [0.15, 0.2) is 0 Å². The number of nitrogens with one attached hydrogen (secondary N) is 1. The SMILES string of the molecule is O=C(Cn1cccn1)NCc1ccccc1-c1cccnc1. The quantitative estimate of drug-likeness (QED) is 0.784. The number of aromatic nitrogens is 3. The van der Waals surface area contributed by atoms with Crippen molar-refractivity contribution in [1.82, 2.24) is 20.1 Å². The summed E-state index contributed by atoms with van der Waals surface area (Å²) in [6.07, 6.45) is 7.00. The molecule has 22 heavy (non-hydrogen) atoms. The molecule has 0 atom stereocenters. The van der Waals surface area contributed by atoms with Crippen LogP contribution in [0.4, 0.5) is 0 Å². The zero-order valence-corrected chi connectivity index (χ0v) is 12.0. The van der Waals surface area contributed by atoms with E-state index in [1.165, 1.54) is 0 Å². The van der Waals surface area contributed by atoms with Gasteiger partial charge in [0.25, 0.3) is 0 Å². The lowest BCUT2D eigenvalue weighted by Crippen LogP contribution is -2.27. The maximum atomic E-state index is 11.9. The van der Waals surface area contributed by atoms with E-state index >= 15 is 0 Å². The van der Waals surface area contributed by atoms with Crippen LogP contribution in [-0.2, 0) is 17.9 Å². The lowest BCUT2D eigenvalue weighted by atomic mass is 10.0. The Hall–Kier alpha value is -2.95. The van der Waals surface area contributed by atoms with Gasteiger partial charge in [-0.2, -0.15) is 5.10 Å². The number of carbonyl (C=O) groups is 1. The summed E-state index contributed by atoms with van der Waals surface area (Å²) in [6.45, 7) is 0.702. The van der Waals surface area contributed by atoms with Gasteiger partial charge in [0.2, 0.25) is 5.91 Å². The molecule has 0 saturated carbocycles. The van der Waals surface area contributed by atoms with E-state index in [1.807, 2.05) is 42.6 Å². The highest BCUT2D eigenvalue weighted by Gasteiger charge is 2.07. The first kappa shape index (κ1) is 14.0. The van der Waals surface area contributed by atoms with E-state index in [0.717, 1.165) is 16.7 Å². The van der Waals surface area contributed by atoms with Crippen LogP contribution in [0.5, 0.6) is 0 Å². The van der Waals surface area contributed by atoms with E-state index < -0.39 is 0 Å². The Balaban J connectivity index is 1.69. The van der Waals surface area contributed by atoms with Crippen molar-refractivity contribution >= 4 is 5.91 Å². The molecule has 3 rings (SSSR count). The van der Waals surface area contributed by atoms with Gasteiger partial charge in [-0.1, -0.05) is 30.3 Å². The molecule has 3 aromatic rings. The molecule has 0 saturated heterocycles. The van der Waals surface area contributed by atoms with E-state index in [0.29, 0.717) is 6.54 Å². The minimum atomic E-state index is -0.0651. The van der Waals surface area contributed by atoms with Crippen LogP contribution in [0.2, 0.25) is 0 Å². The summed E-state index contributed by atoms with van der Waals surface area (Å²) in [5.41, 5.74) is 3.18. The van der Waals surface area contributed by atoms with E-state index in [1.54, 1.807) is 29.3 Å². The molecular formula is C17H16N4O. The van der Waals surface area contributed by atoms with E-state index in [9.17, 15) is 4.79 Å². The number of carbonyl (C=O) groups excluding carboxylic acids is 1. The Morgan fingerprint density at radius 2 is 2.00 bits per heavy atom. The van der Waals surface area contributed by atoms with Gasteiger partial charge in [0.1, 0.15) is 6.54 Å². The molecule has 1 amide bonds. The van der Waals surface area contributed by atoms with Crippen molar-refractivity contribution in [3.63, 3.8) is 0 Å². The average Bonchev–Trinajstić information content (AvgIpc) is 3.07. The summed E-state index contributed by atoms with van der Waals surface area (Å²) >= 11 is 0. The molecule has 0 unspecified atom stereocenters. The van der Waals surface area contributed by atoms with Crippen LogP contribution >= 0.6 is 0 Å². The average molecular weight is 292 g/mol. The number of amides is 1. The molecule has 1 aromatic carbocycles. The third kappa shape index (κ3) is 3.38. The van der Waals surface area contributed by atoms with Crippen LogP contribution in [0.3, 0.4) is 0 Å². The molecule has 0 aliphatic heterocycles. The second kappa shape index (κ2) is 6.67. The van der Waals surface area contributed by atoms with Gasteiger partial charge in [0.05, 0.1) is 0 Å². The number of hydrogen-bond acceptors (Lipinski definition) is 3. The van der Waals surface area contributed by atoms with Gasteiger partial charge in [-0.25, -0.2) is 0 Å². The molecule has 5 nitrogen and oxygen atoms in total. The third-order valence-electron chi connectivity index (χ3n) is 3.33. The topological polar surface area (TPSA) is 59.8 Å². The van der Waals surface area contributed by atoms with Crippen molar-refractivity contribution in [2.75, 3.05) is 0 Å². The minimum absolute atomic E-state index is 0.0651. The molecular weight excluding hydrogens is 276 g/mol. The standard InChI is InChI=1S/C17H16N4O/c22-17(13-21-10-4-9-20-21)19-12-15-5-1-2-7-16(15)14-6-3-8-18-11-14/h1-11H,12-13H2,(H,19,22). The summed E-state index contributed by atoms with van der Waals surface area (Å²) in [5, 5.41) is 6.95. The number of nitrogens with zero attached hydrogens (tertiary/aromatic N) is 3.